The number of ether oxygens (including phenoxy) is 1. The van der Waals surface area contributed by atoms with Crippen LogP contribution in [-0.4, -0.2) is 12.4 Å². The van der Waals surface area contributed by atoms with Crippen molar-refractivity contribution in [1.82, 2.24) is 0 Å². The van der Waals surface area contributed by atoms with Crippen LogP contribution in [0.3, 0.4) is 0 Å². The van der Waals surface area contributed by atoms with Gasteiger partial charge in [0.05, 0.1) is 6.61 Å². The highest BCUT2D eigenvalue weighted by atomic mass is 16.5. The normalized spacial score (nSPS) is 16.1. The first-order valence-electron chi connectivity index (χ1n) is 8.06. The molecule has 0 bridgehead atoms. The second kappa shape index (κ2) is 7.47. The van der Waals surface area contributed by atoms with E-state index in [0.29, 0.717) is 5.78 Å². The molecule has 0 N–H and O–H groups in total. The number of carbonyl (C=O) groups excluding carboxylic acids is 1. The van der Waals surface area contributed by atoms with Gasteiger partial charge in [0.15, 0.2) is 5.78 Å². The minimum Gasteiger partial charge on any atom is -0.494 e. The zero-order chi connectivity index (χ0) is 14.4. The zero-order valence-electron chi connectivity index (χ0n) is 12.8. The second-order valence-electron chi connectivity index (χ2n) is 5.72. The molecule has 0 aliphatic heterocycles. The smallest absolute Gasteiger partial charge is 0.166 e. The van der Waals surface area contributed by atoms with Gasteiger partial charge in [-0.15, -0.1) is 0 Å². The zero-order valence-corrected chi connectivity index (χ0v) is 12.8. The van der Waals surface area contributed by atoms with Gasteiger partial charge in [0.2, 0.25) is 0 Å². The minimum atomic E-state index is 0.247. The minimum absolute atomic E-state index is 0.247. The lowest BCUT2D eigenvalue weighted by Gasteiger charge is -2.21. The highest BCUT2D eigenvalue weighted by Gasteiger charge is 2.24. The van der Waals surface area contributed by atoms with Gasteiger partial charge in [-0.25, -0.2) is 0 Å². The van der Waals surface area contributed by atoms with Crippen LogP contribution in [0.25, 0.3) is 0 Å². The lowest BCUT2D eigenvalue weighted by atomic mass is 9.82. The summed E-state index contributed by atoms with van der Waals surface area (Å²) in [5.74, 6) is 1.49. The van der Waals surface area contributed by atoms with Crippen molar-refractivity contribution in [1.29, 1.82) is 0 Å². The van der Waals surface area contributed by atoms with E-state index in [4.69, 9.17) is 4.74 Å². The molecule has 1 fully saturated rings. The molecule has 20 heavy (non-hydrogen) atoms. The van der Waals surface area contributed by atoms with E-state index >= 15 is 0 Å². The third-order valence-corrected chi connectivity index (χ3v) is 4.17. The Labute approximate surface area is 122 Å². The summed E-state index contributed by atoms with van der Waals surface area (Å²) in [6.07, 6.45) is 7.72. The molecule has 1 saturated carbocycles. The van der Waals surface area contributed by atoms with E-state index in [1.54, 1.807) is 0 Å². The van der Waals surface area contributed by atoms with Crippen LogP contribution >= 0.6 is 0 Å². The van der Waals surface area contributed by atoms with Gasteiger partial charge in [-0.3, -0.25) is 4.79 Å². The first kappa shape index (κ1) is 15.1. The van der Waals surface area contributed by atoms with Crippen LogP contribution in [0.15, 0.2) is 18.2 Å². The maximum atomic E-state index is 12.7. The SMILES string of the molecule is CCCOc1ccc(C(=O)C2CCCCC2)c(CC)c1. The van der Waals surface area contributed by atoms with Crippen molar-refractivity contribution >= 4 is 5.78 Å². The molecule has 2 rings (SSSR count). The van der Waals surface area contributed by atoms with Crippen molar-refractivity contribution in [2.75, 3.05) is 6.61 Å². The number of Topliss-reactive ketones (excluding diaryl/α,β-unsaturated/α-hetero) is 1. The molecule has 1 aliphatic rings. The van der Waals surface area contributed by atoms with Crippen molar-refractivity contribution in [3.63, 3.8) is 0 Å². The molecule has 0 heterocycles. The van der Waals surface area contributed by atoms with E-state index in [0.717, 1.165) is 49.2 Å². The van der Waals surface area contributed by atoms with Crippen LogP contribution in [0.5, 0.6) is 5.75 Å². The molecule has 0 spiro atoms. The number of benzene rings is 1. The van der Waals surface area contributed by atoms with Crippen LogP contribution in [0.1, 0.15) is 68.3 Å². The molecule has 1 aromatic rings. The number of carbonyl (C=O) groups is 1. The van der Waals surface area contributed by atoms with Crippen molar-refractivity contribution in [2.45, 2.75) is 58.8 Å². The molecule has 0 amide bonds. The molecule has 0 saturated heterocycles. The second-order valence-corrected chi connectivity index (χ2v) is 5.72. The Hall–Kier alpha value is -1.31. The fourth-order valence-electron chi connectivity index (χ4n) is 3.00. The topological polar surface area (TPSA) is 26.3 Å². The molecule has 0 radical (unpaired) electrons. The summed E-state index contributed by atoms with van der Waals surface area (Å²) >= 11 is 0. The van der Waals surface area contributed by atoms with Gasteiger partial charge >= 0.3 is 0 Å². The summed E-state index contributed by atoms with van der Waals surface area (Å²) in [6, 6.07) is 5.97. The van der Waals surface area contributed by atoms with Crippen LogP contribution < -0.4 is 4.74 Å². The van der Waals surface area contributed by atoms with Gasteiger partial charge in [0.1, 0.15) is 5.75 Å². The van der Waals surface area contributed by atoms with E-state index in [9.17, 15) is 4.79 Å². The van der Waals surface area contributed by atoms with E-state index in [2.05, 4.69) is 13.8 Å². The maximum absolute atomic E-state index is 12.7. The molecular weight excluding hydrogens is 248 g/mol. The van der Waals surface area contributed by atoms with E-state index in [-0.39, 0.29) is 5.92 Å². The summed E-state index contributed by atoms with van der Waals surface area (Å²) in [5, 5.41) is 0. The fourth-order valence-corrected chi connectivity index (χ4v) is 3.00. The summed E-state index contributed by atoms with van der Waals surface area (Å²) in [5.41, 5.74) is 2.05. The third-order valence-electron chi connectivity index (χ3n) is 4.17. The molecule has 0 aromatic heterocycles. The number of ketones is 1. The predicted molar refractivity (Wildman–Crippen MR) is 82.5 cm³/mol. The van der Waals surface area contributed by atoms with Crippen molar-refractivity contribution in [3.05, 3.63) is 29.3 Å². The number of rotatable bonds is 6. The summed E-state index contributed by atoms with van der Waals surface area (Å²) in [4.78, 5) is 12.7. The number of hydrogen-bond acceptors (Lipinski definition) is 2. The Morgan fingerprint density at radius 2 is 1.95 bits per heavy atom. The van der Waals surface area contributed by atoms with Gasteiger partial charge in [-0.05, 0) is 49.4 Å². The molecular formula is C18H26O2. The monoisotopic (exact) mass is 274 g/mol. The standard InChI is InChI=1S/C18H26O2/c1-3-12-20-16-10-11-17(14(4-2)13-16)18(19)15-8-6-5-7-9-15/h10-11,13,15H,3-9,12H2,1-2H3. The van der Waals surface area contributed by atoms with Crippen LogP contribution in [0.2, 0.25) is 0 Å². The predicted octanol–water partition coefficient (Wildman–Crippen LogP) is 4.80. The summed E-state index contributed by atoms with van der Waals surface area (Å²) in [7, 11) is 0. The van der Waals surface area contributed by atoms with Crippen LogP contribution in [0, 0.1) is 5.92 Å². The van der Waals surface area contributed by atoms with E-state index in [1.165, 1.54) is 19.3 Å². The van der Waals surface area contributed by atoms with Crippen molar-refractivity contribution in [2.24, 2.45) is 5.92 Å². The quantitative estimate of drug-likeness (QED) is 0.696. The Morgan fingerprint density at radius 1 is 1.20 bits per heavy atom. The molecule has 110 valence electrons. The molecule has 2 heteroatoms. The Balaban J connectivity index is 2.15. The first-order chi connectivity index (χ1) is 9.76. The average Bonchev–Trinajstić information content (AvgIpc) is 2.52. The highest BCUT2D eigenvalue weighted by Crippen LogP contribution is 2.29. The van der Waals surface area contributed by atoms with Crippen LogP contribution in [0.4, 0.5) is 0 Å². The lowest BCUT2D eigenvalue weighted by Crippen LogP contribution is -2.19. The average molecular weight is 274 g/mol. The summed E-state index contributed by atoms with van der Waals surface area (Å²) < 4.78 is 5.67. The Bertz CT molecular complexity index is 445. The first-order valence-corrected chi connectivity index (χ1v) is 8.06. The highest BCUT2D eigenvalue weighted by molar-refractivity contribution is 5.99. The molecule has 2 nitrogen and oxygen atoms in total. The number of aryl methyl sites for hydroxylation is 1. The largest absolute Gasteiger partial charge is 0.494 e. The van der Waals surface area contributed by atoms with Crippen molar-refractivity contribution in [3.8, 4) is 5.75 Å². The molecule has 1 aromatic carbocycles. The van der Waals surface area contributed by atoms with Crippen molar-refractivity contribution < 1.29 is 9.53 Å². The fraction of sp³-hybridized carbons (Fsp3) is 0.611. The summed E-state index contributed by atoms with van der Waals surface area (Å²) in [6.45, 7) is 4.94. The van der Waals surface area contributed by atoms with Gasteiger partial charge in [0.25, 0.3) is 0 Å². The van der Waals surface area contributed by atoms with Gasteiger partial charge in [-0.1, -0.05) is 33.1 Å². The van der Waals surface area contributed by atoms with E-state index < -0.39 is 0 Å². The Morgan fingerprint density at radius 3 is 2.60 bits per heavy atom. The third kappa shape index (κ3) is 3.62. The molecule has 1 aliphatic carbocycles. The van der Waals surface area contributed by atoms with Gasteiger partial charge in [0, 0.05) is 11.5 Å². The molecule has 0 unspecified atom stereocenters. The lowest BCUT2D eigenvalue weighted by molar-refractivity contribution is 0.0888. The Kier molecular flexibility index (Phi) is 5.63. The van der Waals surface area contributed by atoms with Gasteiger partial charge in [-0.2, -0.15) is 0 Å². The van der Waals surface area contributed by atoms with Gasteiger partial charge < -0.3 is 4.74 Å². The number of hydrogen-bond donors (Lipinski definition) is 0. The van der Waals surface area contributed by atoms with E-state index in [1.807, 2.05) is 18.2 Å². The maximum Gasteiger partial charge on any atom is 0.166 e. The molecule has 0 atom stereocenters. The van der Waals surface area contributed by atoms with Crippen LogP contribution in [-0.2, 0) is 6.42 Å².